The average molecular weight is 465 g/mol. The molecular formula is C25H24N2O3S2. The van der Waals surface area contributed by atoms with Crippen molar-refractivity contribution in [3.63, 3.8) is 0 Å². The fraction of sp³-hybridized carbons (Fsp3) is 0.280. The topological polar surface area (TPSA) is 60.5 Å². The molecule has 0 fully saturated rings. The van der Waals surface area contributed by atoms with Crippen molar-refractivity contribution in [2.75, 3.05) is 19.0 Å². The first-order valence-electron chi connectivity index (χ1n) is 10.7. The summed E-state index contributed by atoms with van der Waals surface area (Å²) < 4.78 is 12.2. The van der Waals surface area contributed by atoms with E-state index in [0.717, 1.165) is 45.1 Å². The van der Waals surface area contributed by atoms with Gasteiger partial charge >= 0.3 is 0 Å². The minimum absolute atomic E-state index is 0.0847. The van der Waals surface area contributed by atoms with Crippen molar-refractivity contribution in [1.29, 1.82) is 0 Å². The largest absolute Gasteiger partial charge is 0.493 e. The van der Waals surface area contributed by atoms with E-state index in [1.165, 1.54) is 10.4 Å². The maximum atomic E-state index is 12.8. The summed E-state index contributed by atoms with van der Waals surface area (Å²) in [6.45, 7) is 2.21. The van der Waals surface area contributed by atoms with Crippen molar-refractivity contribution in [2.24, 2.45) is 5.92 Å². The second-order valence-corrected chi connectivity index (χ2v) is 10.2. The molecule has 1 atom stereocenters. The van der Waals surface area contributed by atoms with E-state index in [1.54, 1.807) is 35.8 Å². The number of thiophene rings is 1. The zero-order chi connectivity index (χ0) is 22.1. The van der Waals surface area contributed by atoms with Crippen LogP contribution in [0.25, 0.3) is 20.8 Å². The quantitative estimate of drug-likeness (QED) is 0.370. The molecule has 2 aromatic heterocycles. The Kier molecular flexibility index (Phi) is 5.85. The number of thiazole rings is 1. The Morgan fingerprint density at radius 3 is 2.72 bits per heavy atom. The summed E-state index contributed by atoms with van der Waals surface area (Å²) >= 11 is 3.36. The molecule has 32 heavy (non-hydrogen) atoms. The molecule has 0 spiro atoms. The number of nitrogens with zero attached hydrogens (tertiary/aromatic N) is 1. The van der Waals surface area contributed by atoms with E-state index in [2.05, 4.69) is 18.3 Å². The Morgan fingerprint density at radius 1 is 1.12 bits per heavy atom. The number of ether oxygens (including phenoxy) is 2. The summed E-state index contributed by atoms with van der Waals surface area (Å²) in [6.07, 6.45) is 3.23. The van der Waals surface area contributed by atoms with Crippen molar-refractivity contribution < 1.29 is 14.3 Å². The smallest absolute Gasteiger partial charge is 0.262 e. The lowest BCUT2D eigenvalue weighted by molar-refractivity contribution is -0.118. The average Bonchev–Trinajstić information content (AvgIpc) is 3.37. The summed E-state index contributed by atoms with van der Waals surface area (Å²) in [5, 5.41) is 4.96. The number of benzene rings is 2. The third kappa shape index (κ3) is 4.10. The van der Waals surface area contributed by atoms with Gasteiger partial charge in [0.05, 0.1) is 17.3 Å². The minimum Gasteiger partial charge on any atom is -0.493 e. The molecule has 1 amide bonds. The van der Waals surface area contributed by atoms with Crippen molar-refractivity contribution >= 4 is 43.8 Å². The number of nitrogens with one attached hydrogen (secondary N) is 1. The number of hydrogen-bond donors (Lipinski definition) is 1. The molecule has 4 aromatic rings. The number of fused-ring (bicyclic) bond motifs is 2. The van der Waals surface area contributed by atoms with Crippen LogP contribution in [0.3, 0.4) is 0 Å². The normalized spacial score (nSPS) is 15.4. The summed E-state index contributed by atoms with van der Waals surface area (Å²) in [6, 6.07) is 15.5. The molecule has 2 heterocycles. The van der Waals surface area contributed by atoms with Gasteiger partial charge in [0, 0.05) is 10.4 Å². The van der Waals surface area contributed by atoms with Gasteiger partial charge < -0.3 is 14.8 Å². The summed E-state index contributed by atoms with van der Waals surface area (Å²) in [7, 11) is 1.59. The Bertz CT molecular complexity index is 1240. The van der Waals surface area contributed by atoms with Crippen LogP contribution in [-0.2, 0) is 17.6 Å². The van der Waals surface area contributed by atoms with Crippen LogP contribution in [0.15, 0.2) is 48.5 Å². The number of anilines is 1. The number of methoxy groups -OCH3 is 1. The van der Waals surface area contributed by atoms with E-state index in [4.69, 9.17) is 14.5 Å². The third-order valence-corrected chi connectivity index (χ3v) is 7.92. The monoisotopic (exact) mass is 464 g/mol. The Balaban J connectivity index is 1.43. The highest BCUT2D eigenvalue weighted by Gasteiger charge is 2.27. The van der Waals surface area contributed by atoms with E-state index in [0.29, 0.717) is 17.4 Å². The first-order valence-corrected chi connectivity index (χ1v) is 12.3. The van der Waals surface area contributed by atoms with Crippen molar-refractivity contribution in [2.45, 2.75) is 26.2 Å². The van der Waals surface area contributed by atoms with E-state index < -0.39 is 0 Å². The zero-order valence-corrected chi connectivity index (χ0v) is 19.6. The van der Waals surface area contributed by atoms with Gasteiger partial charge in [0.25, 0.3) is 5.91 Å². The summed E-state index contributed by atoms with van der Waals surface area (Å²) in [5.41, 5.74) is 3.42. The lowest BCUT2D eigenvalue weighted by Gasteiger charge is -2.18. The number of carbonyl (C=O) groups excluding carboxylic acids is 1. The minimum atomic E-state index is -0.190. The predicted molar refractivity (Wildman–Crippen MR) is 131 cm³/mol. The van der Waals surface area contributed by atoms with Crippen LogP contribution in [0.5, 0.6) is 11.5 Å². The van der Waals surface area contributed by atoms with Crippen LogP contribution < -0.4 is 14.8 Å². The van der Waals surface area contributed by atoms with Gasteiger partial charge in [0.15, 0.2) is 18.1 Å². The molecule has 1 unspecified atom stereocenters. The number of rotatable bonds is 6. The van der Waals surface area contributed by atoms with Crippen LogP contribution in [-0.4, -0.2) is 24.6 Å². The maximum absolute atomic E-state index is 12.8. The summed E-state index contributed by atoms with van der Waals surface area (Å²) in [5.74, 6) is 1.62. The third-order valence-electron chi connectivity index (χ3n) is 5.70. The standard InChI is InChI=1S/C25H24N2O3S2/c1-15-11-12-16-21(13-15)32-25(23(16)24-26-17-7-3-6-10-20(17)31-24)27-22(28)14-30-19-9-5-4-8-18(19)29-2/h3-10,15H,11-14H2,1-2H3,(H,27,28). The van der Waals surface area contributed by atoms with Gasteiger partial charge in [-0.15, -0.1) is 22.7 Å². The number of hydrogen-bond acceptors (Lipinski definition) is 6. The molecule has 0 saturated carbocycles. The molecule has 7 heteroatoms. The van der Waals surface area contributed by atoms with E-state index in [9.17, 15) is 4.79 Å². The number of amides is 1. The van der Waals surface area contributed by atoms with E-state index in [-0.39, 0.29) is 12.5 Å². The van der Waals surface area contributed by atoms with Crippen LogP contribution >= 0.6 is 22.7 Å². The van der Waals surface area contributed by atoms with Gasteiger partial charge in [-0.1, -0.05) is 31.2 Å². The van der Waals surface area contributed by atoms with Gasteiger partial charge in [-0.25, -0.2) is 4.98 Å². The molecule has 1 N–H and O–H groups in total. The highest BCUT2D eigenvalue weighted by molar-refractivity contribution is 7.22. The van der Waals surface area contributed by atoms with E-state index >= 15 is 0 Å². The number of carbonyl (C=O) groups is 1. The molecular weight excluding hydrogens is 440 g/mol. The van der Waals surface area contributed by atoms with Crippen LogP contribution in [0, 0.1) is 5.92 Å². The molecule has 2 aromatic carbocycles. The highest BCUT2D eigenvalue weighted by atomic mass is 32.1. The summed E-state index contributed by atoms with van der Waals surface area (Å²) in [4.78, 5) is 19.1. The van der Waals surface area contributed by atoms with Crippen LogP contribution in [0.2, 0.25) is 0 Å². The van der Waals surface area contributed by atoms with Crippen molar-refractivity contribution in [3.05, 3.63) is 59.0 Å². The molecule has 0 radical (unpaired) electrons. The Labute approximate surface area is 195 Å². The predicted octanol–water partition coefficient (Wildman–Crippen LogP) is 6.18. The van der Waals surface area contributed by atoms with Crippen molar-refractivity contribution in [1.82, 2.24) is 4.98 Å². The highest BCUT2D eigenvalue weighted by Crippen LogP contribution is 2.47. The molecule has 5 rings (SSSR count). The molecule has 1 aliphatic rings. The molecule has 5 nitrogen and oxygen atoms in total. The number of aromatic nitrogens is 1. The fourth-order valence-electron chi connectivity index (χ4n) is 4.09. The van der Waals surface area contributed by atoms with Crippen molar-refractivity contribution in [3.8, 4) is 22.1 Å². The SMILES string of the molecule is COc1ccccc1OCC(=O)Nc1sc2c(c1-c1nc3ccccc3s1)CCC(C)C2. The lowest BCUT2D eigenvalue weighted by atomic mass is 9.88. The molecule has 164 valence electrons. The van der Waals surface area contributed by atoms with Gasteiger partial charge in [-0.3, -0.25) is 4.79 Å². The second kappa shape index (κ2) is 8.92. The van der Waals surface area contributed by atoms with E-state index in [1.807, 2.05) is 36.4 Å². The molecule has 0 saturated heterocycles. The molecule has 1 aliphatic carbocycles. The lowest BCUT2D eigenvalue weighted by Crippen LogP contribution is -2.20. The van der Waals surface area contributed by atoms with Gasteiger partial charge in [-0.05, 0) is 55.0 Å². The second-order valence-electron chi connectivity index (χ2n) is 8.03. The van der Waals surface area contributed by atoms with Gasteiger partial charge in [-0.2, -0.15) is 0 Å². The zero-order valence-electron chi connectivity index (χ0n) is 18.0. The first-order chi connectivity index (χ1) is 15.6. The van der Waals surface area contributed by atoms with Gasteiger partial charge in [0.1, 0.15) is 10.0 Å². The Morgan fingerprint density at radius 2 is 1.91 bits per heavy atom. The maximum Gasteiger partial charge on any atom is 0.262 e. The first kappa shape index (κ1) is 21.0. The fourth-order valence-corrected chi connectivity index (χ4v) is 6.63. The molecule has 0 bridgehead atoms. The Hall–Kier alpha value is -2.90. The molecule has 0 aliphatic heterocycles. The van der Waals surface area contributed by atoms with Crippen LogP contribution in [0.4, 0.5) is 5.00 Å². The van der Waals surface area contributed by atoms with Crippen LogP contribution in [0.1, 0.15) is 23.8 Å². The van der Waals surface area contributed by atoms with Gasteiger partial charge in [0.2, 0.25) is 0 Å². The number of para-hydroxylation sites is 3.